The van der Waals surface area contributed by atoms with Gasteiger partial charge in [0.05, 0.1) is 0 Å². The molecule has 0 aliphatic heterocycles. The molecule has 0 unspecified atom stereocenters. The van der Waals surface area contributed by atoms with E-state index in [1.807, 2.05) is 6.08 Å². The maximum Gasteiger partial charge on any atom is 0.0102 e. The van der Waals surface area contributed by atoms with Crippen LogP contribution < -0.4 is 0 Å². The molecule has 11 heavy (non-hydrogen) atoms. The van der Waals surface area contributed by atoms with Gasteiger partial charge >= 0.3 is 0 Å². The van der Waals surface area contributed by atoms with Gasteiger partial charge in [0.1, 0.15) is 0 Å². The molecule has 0 fully saturated rings. The van der Waals surface area contributed by atoms with Crippen LogP contribution in [0.2, 0.25) is 6.04 Å². The Morgan fingerprint density at radius 2 is 2.18 bits per heavy atom. The van der Waals surface area contributed by atoms with Crippen molar-refractivity contribution in [2.75, 3.05) is 0 Å². The largest absolute Gasteiger partial charge is 0.451 e. The summed E-state index contributed by atoms with van der Waals surface area (Å²) in [5.41, 5.74) is 0. The first-order chi connectivity index (χ1) is 5.22. The molecule has 0 amide bonds. The lowest BCUT2D eigenvalue weighted by Gasteiger charge is -2.14. The van der Waals surface area contributed by atoms with E-state index < -0.39 is 9.36 Å². The van der Waals surface area contributed by atoms with Gasteiger partial charge in [-0.05, 0) is 6.04 Å². The van der Waals surface area contributed by atoms with Crippen LogP contribution in [-0.4, -0.2) is 14.4 Å². The Bertz CT molecular complexity index is 191. The fourth-order valence-electron chi connectivity index (χ4n) is 0.782. The average Bonchev–Trinajstić information content (AvgIpc) is 1.97. The summed E-state index contributed by atoms with van der Waals surface area (Å²) in [6.45, 7) is 7.23. The molecule has 0 aromatic carbocycles. The third kappa shape index (κ3) is 5.35. The summed E-state index contributed by atoms with van der Waals surface area (Å²) in [7, 11) is -1.41. The van der Waals surface area contributed by atoms with Crippen LogP contribution in [0.1, 0.15) is 6.42 Å². The first kappa shape index (κ1) is 11.1. The Kier molecular flexibility index (Phi) is 6.80. The third-order valence-electron chi connectivity index (χ3n) is 1.39. The first-order valence-corrected chi connectivity index (χ1v) is 7.47. The maximum absolute atomic E-state index is 10.9. The van der Waals surface area contributed by atoms with E-state index in [1.165, 1.54) is 0 Å². The number of hydrogen-bond donors (Lipinski definition) is 0. The molecular weight excluding hydrogens is 192 g/mol. The molecule has 0 rings (SSSR count). The van der Waals surface area contributed by atoms with Crippen molar-refractivity contribution < 1.29 is 4.21 Å². The van der Waals surface area contributed by atoms with Crippen LogP contribution in [0.25, 0.3) is 0 Å². The zero-order chi connectivity index (χ0) is 8.69. The van der Waals surface area contributed by atoms with E-state index in [0.717, 1.165) is 12.5 Å². The molecule has 4 heteroatoms. The van der Waals surface area contributed by atoms with Crippen molar-refractivity contribution in [3.8, 4) is 0 Å². The molecule has 0 spiro atoms. The molecule has 0 aliphatic rings. The Morgan fingerprint density at radius 3 is 2.55 bits per heavy atom. The number of rotatable bonds is 6. The smallest absolute Gasteiger partial charge is 0.0102 e. The minimum Gasteiger partial charge on any atom is -0.451 e. The van der Waals surface area contributed by atoms with Gasteiger partial charge in [0.15, 0.2) is 0 Å². The van der Waals surface area contributed by atoms with E-state index in [2.05, 4.69) is 13.2 Å². The van der Waals surface area contributed by atoms with E-state index in [-0.39, 0.29) is 14.4 Å². The normalized spacial score (nSPS) is 13.9. The van der Waals surface area contributed by atoms with E-state index in [1.54, 1.807) is 6.08 Å². The van der Waals surface area contributed by atoms with Gasteiger partial charge in [0.2, 0.25) is 0 Å². The van der Waals surface area contributed by atoms with Crippen molar-refractivity contribution in [3.63, 3.8) is 0 Å². The van der Waals surface area contributed by atoms with Crippen LogP contribution in [0.15, 0.2) is 25.3 Å². The number of hydrogen-bond acceptors (Lipinski definition) is 3. The molecule has 0 aromatic heterocycles. The van der Waals surface area contributed by atoms with Gasteiger partial charge in [-0.1, -0.05) is 23.4 Å². The molecule has 0 heterocycles. The molecule has 0 N–H and O–H groups in total. The van der Waals surface area contributed by atoms with Crippen molar-refractivity contribution >= 4 is 30.1 Å². The second kappa shape index (κ2) is 6.76. The third-order valence-corrected chi connectivity index (χ3v) is 7.01. The SMILES string of the molecule is C=CC[SiH2][C@H](CC=C)[S-](=O)=S. The minimum atomic E-state index is -1.08. The summed E-state index contributed by atoms with van der Waals surface area (Å²) in [4.78, 5) is 0.223. The van der Waals surface area contributed by atoms with Gasteiger partial charge < -0.3 is 4.21 Å². The zero-order valence-electron chi connectivity index (χ0n) is 6.49. The molecule has 64 valence electrons. The Morgan fingerprint density at radius 1 is 1.55 bits per heavy atom. The lowest BCUT2D eigenvalue weighted by molar-refractivity contribution is 0.602. The molecule has 0 radical (unpaired) electrons. The number of allylic oxidation sites excluding steroid dienone is 2. The second-order valence-electron chi connectivity index (χ2n) is 2.27. The van der Waals surface area contributed by atoms with Gasteiger partial charge in [-0.15, -0.1) is 13.2 Å². The first-order valence-electron chi connectivity index (χ1n) is 3.52. The highest BCUT2D eigenvalue weighted by Crippen LogP contribution is 1.99. The summed E-state index contributed by atoms with van der Waals surface area (Å²) in [5, 5.41) is 0. The molecule has 0 saturated heterocycles. The van der Waals surface area contributed by atoms with Crippen LogP contribution in [0.3, 0.4) is 0 Å². The van der Waals surface area contributed by atoms with Crippen LogP contribution in [0.5, 0.6) is 0 Å². The highest BCUT2D eigenvalue weighted by Gasteiger charge is 1.97. The maximum atomic E-state index is 10.9. The van der Waals surface area contributed by atoms with Crippen molar-refractivity contribution in [1.82, 2.24) is 0 Å². The van der Waals surface area contributed by atoms with Crippen LogP contribution in [0.4, 0.5) is 0 Å². The van der Waals surface area contributed by atoms with E-state index in [9.17, 15) is 4.21 Å². The summed E-state index contributed by atoms with van der Waals surface area (Å²) in [6.07, 6.45) is 4.48. The monoisotopic (exact) mass is 205 g/mol. The highest BCUT2D eigenvalue weighted by molar-refractivity contribution is 8.22. The predicted octanol–water partition coefficient (Wildman–Crippen LogP) is 1.09. The fourth-order valence-corrected chi connectivity index (χ4v) is 4.43. The Labute approximate surface area is 77.1 Å². The Balaban J connectivity index is 3.88. The van der Waals surface area contributed by atoms with Crippen molar-refractivity contribution in [2.45, 2.75) is 17.3 Å². The van der Waals surface area contributed by atoms with Gasteiger partial charge in [-0.2, -0.15) is 0 Å². The predicted molar refractivity (Wildman–Crippen MR) is 57.6 cm³/mol. The minimum absolute atomic E-state index is 0.223. The zero-order valence-corrected chi connectivity index (χ0v) is 9.54. The summed E-state index contributed by atoms with van der Waals surface area (Å²) in [6, 6.07) is 1.01. The van der Waals surface area contributed by atoms with Gasteiger partial charge in [-0.3, -0.25) is 0 Å². The molecule has 0 aromatic rings. The lowest BCUT2D eigenvalue weighted by atomic mass is 10.5. The molecule has 0 saturated carbocycles. The molecule has 0 bridgehead atoms. The lowest BCUT2D eigenvalue weighted by Crippen LogP contribution is -2.15. The van der Waals surface area contributed by atoms with Crippen molar-refractivity contribution in [1.29, 1.82) is 0 Å². The molecular formula is C7H13OS2Si-. The molecule has 1 atom stereocenters. The summed E-state index contributed by atoms with van der Waals surface area (Å²) < 4.78 is 10.9. The average molecular weight is 205 g/mol. The molecule has 1 nitrogen and oxygen atoms in total. The fraction of sp³-hybridized carbons (Fsp3) is 0.429. The summed E-state index contributed by atoms with van der Waals surface area (Å²) in [5.74, 6) is 0. The topological polar surface area (TPSA) is 17.1 Å². The van der Waals surface area contributed by atoms with Crippen LogP contribution in [0, 0.1) is 0 Å². The van der Waals surface area contributed by atoms with Gasteiger partial charge in [0, 0.05) is 9.52 Å². The van der Waals surface area contributed by atoms with Gasteiger partial charge in [-0.25, -0.2) is 20.5 Å². The molecule has 0 aliphatic carbocycles. The van der Waals surface area contributed by atoms with Crippen molar-refractivity contribution in [2.24, 2.45) is 0 Å². The summed E-state index contributed by atoms with van der Waals surface area (Å²) >= 11 is 4.70. The van der Waals surface area contributed by atoms with Gasteiger partial charge in [0.25, 0.3) is 0 Å². The standard InChI is InChI=1S/C7H13OS2Si/c1-3-5-7(10(8)9)11-6-4-2/h3-4,7H,1-2,5-6,11H2/q-1/t7-/m1/s1. The Hall–Kier alpha value is 0.0669. The van der Waals surface area contributed by atoms with E-state index in [4.69, 9.17) is 11.2 Å². The van der Waals surface area contributed by atoms with E-state index in [0.29, 0.717) is 0 Å². The van der Waals surface area contributed by atoms with Crippen LogP contribution >= 0.6 is 0 Å². The van der Waals surface area contributed by atoms with Crippen LogP contribution in [-0.2, 0) is 24.8 Å². The quantitative estimate of drug-likeness (QED) is 0.367. The highest BCUT2D eigenvalue weighted by atomic mass is 32.8. The second-order valence-corrected chi connectivity index (χ2v) is 7.18. The van der Waals surface area contributed by atoms with Crippen molar-refractivity contribution in [3.05, 3.63) is 25.3 Å². The van der Waals surface area contributed by atoms with E-state index >= 15 is 0 Å².